The minimum atomic E-state index is -2.47. The van der Waals surface area contributed by atoms with Gasteiger partial charge in [0.05, 0.1) is 6.26 Å². The first-order valence-corrected chi connectivity index (χ1v) is 16.3. The fourth-order valence-corrected chi connectivity index (χ4v) is 9.68. The van der Waals surface area contributed by atoms with Crippen molar-refractivity contribution in [1.29, 1.82) is 0 Å². The molecule has 0 amide bonds. The predicted molar refractivity (Wildman–Crippen MR) is 159 cm³/mol. The van der Waals surface area contributed by atoms with Gasteiger partial charge < -0.3 is 19.0 Å². The molecule has 9 nitrogen and oxygen atoms in total. The summed E-state index contributed by atoms with van der Waals surface area (Å²) < 4.78 is 65.0. The number of carbonyl (C=O) groups is 5. The molecular weight excluding hydrogens is 629 g/mol. The number of rotatable bonds is 9. The summed E-state index contributed by atoms with van der Waals surface area (Å²) in [4.78, 5) is 63.9. The molecule has 5 rings (SSSR count). The zero-order chi connectivity index (χ0) is 33.8. The lowest BCUT2D eigenvalue weighted by atomic mass is 9.44. The summed E-state index contributed by atoms with van der Waals surface area (Å²) in [6.07, 6.45) is 0.220. The van der Waals surface area contributed by atoms with Gasteiger partial charge in [-0.2, -0.15) is 0 Å². The molecule has 0 aromatic carbocycles. The van der Waals surface area contributed by atoms with E-state index in [-0.39, 0.29) is 55.4 Å². The molecule has 0 spiro atoms. The highest BCUT2D eigenvalue weighted by Crippen LogP contribution is 2.72. The number of carboxylic acids is 1. The molecule has 0 radical (unpaired) electrons. The molecule has 3 fully saturated rings. The van der Waals surface area contributed by atoms with Gasteiger partial charge in [0.25, 0.3) is 0 Å². The molecule has 1 aromatic rings. The van der Waals surface area contributed by atoms with Crippen LogP contribution < -0.4 is 0 Å². The van der Waals surface area contributed by atoms with Crippen molar-refractivity contribution in [2.45, 2.75) is 89.8 Å². The molecule has 13 heteroatoms. The van der Waals surface area contributed by atoms with E-state index in [0.29, 0.717) is 11.8 Å². The van der Waals surface area contributed by atoms with Gasteiger partial charge in [0, 0.05) is 41.1 Å². The van der Waals surface area contributed by atoms with Crippen molar-refractivity contribution < 1.29 is 56.1 Å². The monoisotopic (exact) mass is 666 g/mol. The first-order valence-electron chi connectivity index (χ1n) is 15.3. The van der Waals surface area contributed by atoms with Crippen molar-refractivity contribution in [3.8, 4) is 0 Å². The maximum Gasteiger partial charge on any atom is 0.372 e. The number of carbonyl (C=O) groups excluding carboxylic acids is 4. The van der Waals surface area contributed by atoms with E-state index >= 15 is 8.78 Å². The number of halogens is 3. The Bertz CT molecular complexity index is 1520. The number of aromatic carboxylic acids is 1. The van der Waals surface area contributed by atoms with E-state index in [1.807, 2.05) is 0 Å². The number of furan rings is 1. The molecule has 0 aliphatic heterocycles. The molecule has 250 valence electrons. The van der Waals surface area contributed by atoms with Crippen LogP contribution in [-0.4, -0.2) is 63.5 Å². The Morgan fingerprint density at radius 3 is 2.52 bits per heavy atom. The molecule has 4 aliphatic rings. The minimum absolute atomic E-state index is 0.0771. The summed E-state index contributed by atoms with van der Waals surface area (Å²) >= 11 is 0.337. The van der Waals surface area contributed by atoms with Gasteiger partial charge in [-0.25, -0.2) is 18.0 Å². The molecule has 0 unspecified atom stereocenters. The summed E-state index contributed by atoms with van der Waals surface area (Å²) in [6, 6.07) is 0.293. The number of esters is 2. The van der Waals surface area contributed by atoms with Gasteiger partial charge >= 0.3 is 17.9 Å². The van der Waals surface area contributed by atoms with Crippen molar-refractivity contribution >= 4 is 40.6 Å². The zero-order valence-electron chi connectivity index (χ0n) is 26.0. The van der Waals surface area contributed by atoms with Crippen LogP contribution in [0.15, 0.2) is 40.5 Å². The topological polar surface area (TPSA) is 137 Å². The van der Waals surface area contributed by atoms with Crippen LogP contribution in [0.1, 0.15) is 75.9 Å². The lowest BCUT2D eigenvalue weighted by Gasteiger charge is -2.63. The first-order chi connectivity index (χ1) is 21.6. The van der Waals surface area contributed by atoms with Crippen molar-refractivity contribution in [3.63, 3.8) is 0 Å². The van der Waals surface area contributed by atoms with Gasteiger partial charge in [-0.15, -0.1) is 0 Å². The summed E-state index contributed by atoms with van der Waals surface area (Å²) in [5.74, 6) is -6.45. The van der Waals surface area contributed by atoms with Gasteiger partial charge in [-0.1, -0.05) is 26.8 Å². The molecule has 1 heterocycles. The fraction of sp³-hybridized carbons (Fsp3) is 0.606. The maximum absolute atomic E-state index is 18.4. The van der Waals surface area contributed by atoms with E-state index < -0.39 is 86.9 Å². The standard InChI is InChI=1S/C33H37F3O9S/c1-5-25(38)45-33(29(42)46-16-34)17(2)12-20-21-14-23(35)22-13-19(37)8-10-30(22,3)32(21,36)24(15-31(20,33)4)44-26(39)7-6-18-9-11-43-27(18)28(40)41/h8-11,13,17,20-21,23-24H,5-7,12,14-16H2,1-4H3,(H,40,41)/t17-,20+,21+,23+,24+,30+,31+,32+,33+/m1/s1. The van der Waals surface area contributed by atoms with E-state index in [9.17, 15) is 33.5 Å². The number of fused-ring (bicyclic) bond motifs is 5. The molecule has 3 saturated carbocycles. The normalized spacial score (nSPS) is 37.8. The van der Waals surface area contributed by atoms with Gasteiger partial charge in [0.1, 0.15) is 18.3 Å². The van der Waals surface area contributed by atoms with Crippen molar-refractivity contribution in [2.24, 2.45) is 28.6 Å². The van der Waals surface area contributed by atoms with Crippen molar-refractivity contribution in [2.75, 3.05) is 6.01 Å². The van der Waals surface area contributed by atoms with Crippen LogP contribution in [0.2, 0.25) is 0 Å². The molecule has 1 N–H and O–H groups in total. The molecule has 1 aromatic heterocycles. The summed E-state index contributed by atoms with van der Waals surface area (Å²) in [5, 5.41) is 8.60. The Kier molecular flexibility index (Phi) is 8.89. The van der Waals surface area contributed by atoms with Gasteiger partial charge in [-0.3, -0.25) is 19.2 Å². The summed E-state index contributed by atoms with van der Waals surface area (Å²) in [6.45, 7) is 6.29. The minimum Gasteiger partial charge on any atom is -0.475 e. The second-order valence-corrected chi connectivity index (χ2v) is 14.0. The third-order valence-electron chi connectivity index (χ3n) is 11.0. The van der Waals surface area contributed by atoms with Gasteiger partial charge in [0.15, 0.2) is 17.1 Å². The quantitative estimate of drug-likeness (QED) is 0.317. The van der Waals surface area contributed by atoms with E-state index in [2.05, 4.69) is 0 Å². The molecule has 0 bridgehead atoms. The van der Waals surface area contributed by atoms with Crippen LogP contribution in [0.25, 0.3) is 0 Å². The Morgan fingerprint density at radius 2 is 1.87 bits per heavy atom. The number of hydrogen-bond donors (Lipinski definition) is 1. The Balaban J connectivity index is 1.61. The SMILES string of the molecule is CCC(=O)O[C@]1(C(=O)SCF)[C@H](C)C[C@H]2[C@@H]3C[C@H](F)C4=CC(=O)C=C[C@]4(C)[C@@]3(F)[C@@H](OC(=O)CCc3ccoc3C(=O)O)C[C@@]21C. The zero-order valence-corrected chi connectivity index (χ0v) is 26.8. The number of allylic oxidation sites excluding steroid dienone is 4. The van der Waals surface area contributed by atoms with Crippen LogP contribution in [-0.2, 0) is 35.1 Å². The predicted octanol–water partition coefficient (Wildman–Crippen LogP) is 5.90. The fourth-order valence-electron chi connectivity index (χ4n) is 8.89. The summed E-state index contributed by atoms with van der Waals surface area (Å²) in [5.41, 5.74) is -7.38. The lowest BCUT2D eigenvalue weighted by molar-refractivity contribution is -0.237. The van der Waals surface area contributed by atoms with Crippen molar-refractivity contribution in [1.82, 2.24) is 0 Å². The van der Waals surface area contributed by atoms with Crippen LogP contribution in [0.5, 0.6) is 0 Å². The highest BCUT2D eigenvalue weighted by molar-refractivity contribution is 8.13. The largest absolute Gasteiger partial charge is 0.475 e. The average molecular weight is 667 g/mol. The smallest absolute Gasteiger partial charge is 0.372 e. The lowest BCUT2D eigenvalue weighted by Crippen LogP contribution is -2.71. The summed E-state index contributed by atoms with van der Waals surface area (Å²) in [7, 11) is 0. The Labute approximate surface area is 268 Å². The van der Waals surface area contributed by atoms with Crippen LogP contribution in [0, 0.1) is 28.6 Å². The first kappa shape index (κ1) is 34.0. The number of ether oxygens (including phenoxy) is 2. The van der Waals surface area contributed by atoms with Crippen LogP contribution in [0.3, 0.4) is 0 Å². The van der Waals surface area contributed by atoms with Crippen LogP contribution >= 0.6 is 11.8 Å². The van der Waals surface area contributed by atoms with Gasteiger partial charge in [-0.05, 0) is 74.1 Å². The van der Waals surface area contributed by atoms with Crippen molar-refractivity contribution in [3.05, 3.63) is 47.5 Å². The number of ketones is 1. The maximum atomic E-state index is 18.4. The Morgan fingerprint density at radius 1 is 1.15 bits per heavy atom. The van der Waals surface area contributed by atoms with Crippen LogP contribution in [0.4, 0.5) is 13.2 Å². The third-order valence-corrected chi connectivity index (χ3v) is 11.7. The molecular formula is C33H37F3O9S. The number of hydrogen-bond acceptors (Lipinski definition) is 9. The second-order valence-electron chi connectivity index (χ2n) is 13.1. The number of alkyl halides is 3. The van der Waals surface area contributed by atoms with E-state index in [0.717, 1.165) is 12.2 Å². The Hall–Kier alpha value is -3.35. The molecule has 46 heavy (non-hydrogen) atoms. The average Bonchev–Trinajstić information content (AvgIpc) is 3.56. The second kappa shape index (κ2) is 12.0. The van der Waals surface area contributed by atoms with Gasteiger partial charge in [0.2, 0.25) is 10.9 Å². The number of thioether (sulfide) groups is 1. The molecule has 0 saturated heterocycles. The van der Waals surface area contributed by atoms with E-state index in [4.69, 9.17) is 13.9 Å². The number of aryl methyl sites for hydroxylation is 1. The molecule has 9 atom stereocenters. The highest BCUT2D eigenvalue weighted by atomic mass is 32.2. The molecule has 4 aliphatic carbocycles. The van der Waals surface area contributed by atoms with E-state index in [1.54, 1.807) is 13.8 Å². The number of carboxylic acid groups (broad SMARTS) is 1. The highest BCUT2D eigenvalue weighted by Gasteiger charge is 2.79. The van der Waals surface area contributed by atoms with E-state index in [1.165, 1.54) is 32.3 Å². The third kappa shape index (κ3) is 4.86.